The molecule has 1 aromatic heterocycles. The summed E-state index contributed by atoms with van der Waals surface area (Å²) in [4.78, 5) is 16.8. The lowest BCUT2D eigenvalue weighted by atomic mass is 10.2. The first-order valence-electron chi connectivity index (χ1n) is 5.23. The molecule has 6 nitrogen and oxygen atoms in total. The third kappa shape index (κ3) is 3.69. The first kappa shape index (κ1) is 13.4. The van der Waals surface area contributed by atoms with Crippen LogP contribution in [0.2, 0.25) is 0 Å². The maximum atomic E-state index is 11.0. The average Bonchev–Trinajstić information content (AvgIpc) is 2.34. The number of methoxy groups -OCH3 is 1. The number of aliphatic hydroxyl groups is 1. The van der Waals surface area contributed by atoms with E-state index in [9.17, 15) is 4.79 Å². The van der Waals surface area contributed by atoms with Crippen LogP contribution in [0.15, 0.2) is 18.3 Å². The molecule has 94 valence electrons. The Kier molecular flexibility index (Phi) is 5.38. The highest BCUT2D eigenvalue weighted by Crippen LogP contribution is 2.16. The van der Waals surface area contributed by atoms with Crippen molar-refractivity contribution in [1.29, 1.82) is 0 Å². The molecule has 0 saturated heterocycles. The van der Waals surface area contributed by atoms with Crippen LogP contribution in [0.3, 0.4) is 0 Å². The second-order valence-electron chi connectivity index (χ2n) is 3.38. The highest BCUT2D eigenvalue weighted by molar-refractivity contribution is 5.93. The SMILES string of the molecule is COCCN(CCO)c1ncccc1C(=O)O. The number of aromatic nitrogens is 1. The predicted octanol–water partition coefficient (Wildman–Crippen LogP) is 0.225. The van der Waals surface area contributed by atoms with E-state index in [1.54, 1.807) is 18.1 Å². The Hall–Kier alpha value is -1.66. The van der Waals surface area contributed by atoms with Crippen LogP contribution in [0.4, 0.5) is 5.82 Å². The van der Waals surface area contributed by atoms with Crippen molar-refractivity contribution in [1.82, 2.24) is 4.98 Å². The Morgan fingerprint density at radius 2 is 2.29 bits per heavy atom. The lowest BCUT2D eigenvalue weighted by Crippen LogP contribution is -2.32. The number of ether oxygens (including phenoxy) is 1. The number of pyridine rings is 1. The molecule has 17 heavy (non-hydrogen) atoms. The number of carbonyl (C=O) groups is 1. The van der Waals surface area contributed by atoms with Gasteiger partial charge in [0.2, 0.25) is 0 Å². The molecule has 0 radical (unpaired) electrons. The average molecular weight is 240 g/mol. The topological polar surface area (TPSA) is 82.9 Å². The quantitative estimate of drug-likeness (QED) is 0.709. The molecule has 0 atom stereocenters. The summed E-state index contributed by atoms with van der Waals surface area (Å²) in [5, 5.41) is 18.0. The predicted molar refractivity (Wildman–Crippen MR) is 62.4 cm³/mol. The molecule has 0 aliphatic carbocycles. The van der Waals surface area contributed by atoms with E-state index in [2.05, 4.69) is 4.98 Å². The normalized spacial score (nSPS) is 10.2. The van der Waals surface area contributed by atoms with E-state index in [4.69, 9.17) is 14.9 Å². The number of hydrogen-bond donors (Lipinski definition) is 2. The second-order valence-corrected chi connectivity index (χ2v) is 3.38. The summed E-state index contributed by atoms with van der Waals surface area (Å²) in [7, 11) is 1.56. The number of aliphatic hydroxyl groups excluding tert-OH is 1. The Labute approximate surface area is 99.5 Å². The summed E-state index contributed by atoms with van der Waals surface area (Å²) in [5.41, 5.74) is 0.122. The van der Waals surface area contributed by atoms with Crippen LogP contribution in [0.1, 0.15) is 10.4 Å². The van der Waals surface area contributed by atoms with Gasteiger partial charge in [0.05, 0.1) is 13.2 Å². The summed E-state index contributed by atoms with van der Waals surface area (Å²) in [6, 6.07) is 3.06. The van der Waals surface area contributed by atoms with Gasteiger partial charge in [0.1, 0.15) is 11.4 Å². The largest absolute Gasteiger partial charge is 0.478 e. The summed E-state index contributed by atoms with van der Waals surface area (Å²) >= 11 is 0. The molecule has 1 heterocycles. The van der Waals surface area contributed by atoms with E-state index in [0.29, 0.717) is 25.5 Å². The van der Waals surface area contributed by atoms with Crippen molar-refractivity contribution in [3.05, 3.63) is 23.9 Å². The van der Waals surface area contributed by atoms with Crippen LogP contribution in [0.5, 0.6) is 0 Å². The first-order chi connectivity index (χ1) is 8.20. The molecule has 0 unspecified atom stereocenters. The highest BCUT2D eigenvalue weighted by Gasteiger charge is 2.16. The minimum atomic E-state index is -1.03. The fourth-order valence-electron chi connectivity index (χ4n) is 1.46. The van der Waals surface area contributed by atoms with Crippen LogP contribution in [0.25, 0.3) is 0 Å². The number of rotatable bonds is 7. The van der Waals surface area contributed by atoms with Crippen LogP contribution < -0.4 is 4.90 Å². The molecular weight excluding hydrogens is 224 g/mol. The zero-order chi connectivity index (χ0) is 12.7. The minimum absolute atomic E-state index is 0.0701. The van der Waals surface area contributed by atoms with Crippen molar-refractivity contribution in [3.8, 4) is 0 Å². The van der Waals surface area contributed by atoms with Gasteiger partial charge in [0.15, 0.2) is 0 Å². The minimum Gasteiger partial charge on any atom is -0.478 e. The molecule has 0 spiro atoms. The van der Waals surface area contributed by atoms with Crippen molar-refractivity contribution in [2.24, 2.45) is 0 Å². The van der Waals surface area contributed by atoms with E-state index in [1.807, 2.05) is 0 Å². The van der Waals surface area contributed by atoms with Gasteiger partial charge in [-0.25, -0.2) is 9.78 Å². The van der Waals surface area contributed by atoms with Gasteiger partial charge in [-0.3, -0.25) is 0 Å². The molecule has 0 aromatic carbocycles. The summed E-state index contributed by atoms with van der Waals surface area (Å²) in [6.45, 7) is 1.17. The summed E-state index contributed by atoms with van der Waals surface area (Å²) in [6.07, 6.45) is 1.53. The maximum Gasteiger partial charge on any atom is 0.339 e. The van der Waals surface area contributed by atoms with Crippen molar-refractivity contribution < 1.29 is 19.7 Å². The first-order valence-corrected chi connectivity index (χ1v) is 5.23. The highest BCUT2D eigenvalue weighted by atomic mass is 16.5. The van der Waals surface area contributed by atoms with E-state index < -0.39 is 5.97 Å². The molecule has 6 heteroatoms. The van der Waals surface area contributed by atoms with Crippen LogP contribution in [0, 0.1) is 0 Å². The van der Waals surface area contributed by atoms with Gasteiger partial charge in [-0.05, 0) is 12.1 Å². The Morgan fingerprint density at radius 1 is 1.53 bits per heavy atom. The van der Waals surface area contributed by atoms with Gasteiger partial charge >= 0.3 is 5.97 Å². The third-order valence-corrected chi connectivity index (χ3v) is 2.25. The van der Waals surface area contributed by atoms with Crippen molar-refractivity contribution in [2.75, 3.05) is 38.3 Å². The number of aromatic carboxylic acids is 1. The Morgan fingerprint density at radius 3 is 2.88 bits per heavy atom. The molecular formula is C11H16N2O4. The Bertz CT molecular complexity index is 370. The zero-order valence-electron chi connectivity index (χ0n) is 9.67. The molecule has 0 saturated carbocycles. The molecule has 0 bridgehead atoms. The van der Waals surface area contributed by atoms with E-state index in [1.165, 1.54) is 12.3 Å². The number of carboxylic acids is 1. The zero-order valence-corrected chi connectivity index (χ0v) is 9.67. The van der Waals surface area contributed by atoms with E-state index >= 15 is 0 Å². The summed E-state index contributed by atoms with van der Waals surface area (Å²) < 4.78 is 4.94. The number of anilines is 1. The van der Waals surface area contributed by atoms with E-state index in [0.717, 1.165) is 0 Å². The van der Waals surface area contributed by atoms with E-state index in [-0.39, 0.29) is 12.2 Å². The van der Waals surface area contributed by atoms with Crippen molar-refractivity contribution >= 4 is 11.8 Å². The van der Waals surface area contributed by atoms with Gasteiger partial charge in [-0.1, -0.05) is 0 Å². The second kappa shape index (κ2) is 6.82. The van der Waals surface area contributed by atoms with Gasteiger partial charge in [-0.2, -0.15) is 0 Å². The molecule has 1 rings (SSSR count). The smallest absolute Gasteiger partial charge is 0.339 e. The summed E-state index contributed by atoms with van der Waals surface area (Å²) in [5.74, 6) is -0.681. The van der Waals surface area contributed by atoms with Crippen molar-refractivity contribution in [2.45, 2.75) is 0 Å². The third-order valence-electron chi connectivity index (χ3n) is 2.25. The lowest BCUT2D eigenvalue weighted by Gasteiger charge is -2.23. The van der Waals surface area contributed by atoms with Gasteiger partial charge in [0, 0.05) is 26.4 Å². The molecule has 0 fully saturated rings. The standard InChI is InChI=1S/C11H16N2O4/c1-17-8-6-13(5-7-14)10-9(11(15)16)3-2-4-12-10/h2-4,14H,5-8H2,1H3,(H,15,16). The monoisotopic (exact) mass is 240 g/mol. The molecule has 1 aromatic rings. The maximum absolute atomic E-state index is 11.0. The molecule has 0 aliphatic rings. The van der Waals surface area contributed by atoms with Crippen LogP contribution in [-0.4, -0.2) is 54.6 Å². The van der Waals surface area contributed by atoms with Gasteiger partial charge < -0.3 is 19.8 Å². The van der Waals surface area contributed by atoms with Crippen LogP contribution in [-0.2, 0) is 4.74 Å². The van der Waals surface area contributed by atoms with Gasteiger partial charge in [0.25, 0.3) is 0 Å². The molecule has 0 aliphatic heterocycles. The van der Waals surface area contributed by atoms with Crippen molar-refractivity contribution in [3.63, 3.8) is 0 Å². The Balaban J connectivity index is 2.95. The fourth-order valence-corrected chi connectivity index (χ4v) is 1.46. The fraction of sp³-hybridized carbons (Fsp3) is 0.455. The number of hydrogen-bond acceptors (Lipinski definition) is 5. The lowest BCUT2D eigenvalue weighted by molar-refractivity contribution is 0.0697. The molecule has 2 N–H and O–H groups in total. The number of nitrogens with zero attached hydrogens (tertiary/aromatic N) is 2. The van der Waals surface area contributed by atoms with Gasteiger partial charge in [-0.15, -0.1) is 0 Å². The molecule has 0 amide bonds. The van der Waals surface area contributed by atoms with Crippen LogP contribution >= 0.6 is 0 Å². The number of carboxylic acid groups (broad SMARTS) is 1.